The standard InChI is InChI=1S/C29H55N3O5/c1-5-7-8-9-10-11-12-13-14-15-16-17-18-19-27(35)31-21-28(36)32-25(22-33)26(34)20-24(23(3)6-2)29(37)30-4/h23-25,33H,5-22H2,1-4H3,(H,30,37)(H,31,35)(H,32,36)/t23-,24-,25-/m0/s1. The average Bonchev–Trinajstić information content (AvgIpc) is 2.90. The van der Waals surface area contributed by atoms with Crippen LogP contribution < -0.4 is 16.0 Å². The first-order valence-electron chi connectivity index (χ1n) is 14.7. The number of carbonyl (C=O) groups excluding carboxylic acids is 4. The van der Waals surface area contributed by atoms with E-state index in [1.165, 1.54) is 71.3 Å². The molecule has 0 aliphatic carbocycles. The predicted molar refractivity (Wildman–Crippen MR) is 149 cm³/mol. The molecule has 37 heavy (non-hydrogen) atoms. The van der Waals surface area contributed by atoms with Crippen molar-refractivity contribution in [1.82, 2.24) is 16.0 Å². The van der Waals surface area contributed by atoms with Gasteiger partial charge in [-0.25, -0.2) is 0 Å². The van der Waals surface area contributed by atoms with Crippen LogP contribution in [-0.2, 0) is 19.2 Å². The van der Waals surface area contributed by atoms with E-state index in [9.17, 15) is 24.3 Å². The van der Waals surface area contributed by atoms with E-state index in [4.69, 9.17) is 0 Å². The summed E-state index contributed by atoms with van der Waals surface area (Å²) in [5.41, 5.74) is 0. The summed E-state index contributed by atoms with van der Waals surface area (Å²) in [6, 6.07) is -1.10. The lowest BCUT2D eigenvalue weighted by molar-refractivity contribution is -0.133. The molecule has 3 atom stereocenters. The van der Waals surface area contributed by atoms with Gasteiger partial charge in [0.2, 0.25) is 17.7 Å². The van der Waals surface area contributed by atoms with Crippen molar-refractivity contribution in [3.8, 4) is 0 Å². The maximum atomic E-state index is 12.6. The summed E-state index contributed by atoms with van der Waals surface area (Å²) in [4.78, 5) is 49.0. The molecule has 4 N–H and O–H groups in total. The number of aliphatic hydroxyl groups excluding tert-OH is 1. The van der Waals surface area contributed by atoms with Gasteiger partial charge < -0.3 is 21.1 Å². The Kier molecular flexibility index (Phi) is 22.0. The molecule has 0 bridgehead atoms. The van der Waals surface area contributed by atoms with Gasteiger partial charge in [-0.1, -0.05) is 104 Å². The summed E-state index contributed by atoms with van der Waals surface area (Å²) >= 11 is 0. The number of nitrogens with one attached hydrogen (secondary N) is 3. The van der Waals surface area contributed by atoms with E-state index in [2.05, 4.69) is 22.9 Å². The smallest absolute Gasteiger partial charge is 0.240 e. The maximum absolute atomic E-state index is 12.6. The van der Waals surface area contributed by atoms with Crippen LogP contribution >= 0.6 is 0 Å². The van der Waals surface area contributed by atoms with Crippen LogP contribution in [0.25, 0.3) is 0 Å². The third-order valence-corrected chi connectivity index (χ3v) is 7.20. The number of hydrogen-bond acceptors (Lipinski definition) is 5. The molecule has 0 aromatic heterocycles. The zero-order valence-electron chi connectivity index (χ0n) is 24.0. The number of Topliss-reactive ketones (excluding diaryl/α,β-unsaturated/α-hetero) is 1. The van der Waals surface area contributed by atoms with Gasteiger partial charge >= 0.3 is 0 Å². The van der Waals surface area contributed by atoms with Gasteiger partial charge in [-0.3, -0.25) is 19.2 Å². The van der Waals surface area contributed by atoms with Crippen LogP contribution in [0, 0.1) is 11.8 Å². The fourth-order valence-corrected chi connectivity index (χ4v) is 4.43. The Bertz CT molecular complexity index is 641. The Morgan fingerprint density at radius 1 is 0.757 bits per heavy atom. The zero-order chi connectivity index (χ0) is 27.9. The van der Waals surface area contributed by atoms with Crippen molar-refractivity contribution in [3.05, 3.63) is 0 Å². The number of unbranched alkanes of at least 4 members (excludes halogenated alkanes) is 12. The molecule has 0 radical (unpaired) electrons. The molecule has 0 aromatic carbocycles. The molecule has 0 saturated heterocycles. The molecule has 0 aromatic rings. The normalized spacial score (nSPS) is 13.4. The topological polar surface area (TPSA) is 125 Å². The largest absolute Gasteiger partial charge is 0.394 e. The molecule has 0 spiro atoms. The summed E-state index contributed by atoms with van der Waals surface area (Å²) in [7, 11) is 1.52. The van der Waals surface area contributed by atoms with Crippen molar-refractivity contribution in [2.45, 2.75) is 130 Å². The van der Waals surface area contributed by atoms with Crippen LogP contribution in [0.4, 0.5) is 0 Å². The summed E-state index contributed by atoms with van der Waals surface area (Å²) in [5.74, 6) is -1.89. The monoisotopic (exact) mass is 525 g/mol. The molecule has 0 heterocycles. The van der Waals surface area contributed by atoms with E-state index in [0.29, 0.717) is 6.42 Å². The van der Waals surface area contributed by atoms with E-state index in [-0.39, 0.29) is 30.7 Å². The lowest BCUT2D eigenvalue weighted by Crippen LogP contribution is -2.48. The first-order valence-corrected chi connectivity index (χ1v) is 14.7. The van der Waals surface area contributed by atoms with Gasteiger partial charge in [0, 0.05) is 25.8 Å². The Balaban J connectivity index is 4.01. The third kappa shape index (κ3) is 18.0. The number of aliphatic hydroxyl groups is 1. The second-order valence-corrected chi connectivity index (χ2v) is 10.3. The first-order chi connectivity index (χ1) is 17.8. The third-order valence-electron chi connectivity index (χ3n) is 7.20. The molecule has 0 saturated carbocycles. The molecular formula is C29H55N3O5. The molecule has 8 heteroatoms. The molecule has 0 fully saturated rings. The predicted octanol–water partition coefficient (Wildman–Crippen LogP) is 4.43. The highest BCUT2D eigenvalue weighted by Crippen LogP contribution is 2.20. The van der Waals surface area contributed by atoms with E-state index in [1.807, 2.05) is 13.8 Å². The summed E-state index contributed by atoms with van der Waals surface area (Å²) < 4.78 is 0. The van der Waals surface area contributed by atoms with E-state index in [0.717, 1.165) is 25.7 Å². The van der Waals surface area contributed by atoms with Crippen molar-refractivity contribution in [1.29, 1.82) is 0 Å². The average molecular weight is 526 g/mol. The molecule has 0 aliphatic heterocycles. The van der Waals surface area contributed by atoms with Crippen LogP contribution in [-0.4, -0.2) is 54.9 Å². The fraction of sp³-hybridized carbons (Fsp3) is 0.862. The molecule has 0 aliphatic rings. The van der Waals surface area contributed by atoms with Crippen LogP contribution in [0.2, 0.25) is 0 Å². The number of rotatable bonds is 24. The number of hydrogen-bond donors (Lipinski definition) is 4. The first kappa shape index (κ1) is 35.0. The lowest BCUT2D eigenvalue weighted by atomic mass is 9.85. The fourth-order valence-electron chi connectivity index (χ4n) is 4.43. The van der Waals surface area contributed by atoms with Gasteiger partial charge in [0.05, 0.1) is 13.2 Å². The number of ketones is 1. The Labute approximate surface area is 225 Å². The SMILES string of the molecule is CCCCCCCCCCCCCCCC(=O)NCC(=O)N[C@@H](CO)C(=O)C[C@H](C(=O)NC)[C@@H](C)CC. The van der Waals surface area contributed by atoms with Crippen LogP contribution in [0.3, 0.4) is 0 Å². The molecule has 216 valence electrons. The quantitative estimate of drug-likeness (QED) is 0.139. The molecule has 3 amide bonds. The molecule has 0 unspecified atom stereocenters. The summed E-state index contributed by atoms with van der Waals surface area (Å²) in [6.45, 7) is 5.28. The van der Waals surface area contributed by atoms with Crippen molar-refractivity contribution >= 4 is 23.5 Å². The maximum Gasteiger partial charge on any atom is 0.240 e. The van der Waals surface area contributed by atoms with E-state index >= 15 is 0 Å². The molecule has 8 nitrogen and oxygen atoms in total. The van der Waals surface area contributed by atoms with Crippen molar-refractivity contribution in [2.75, 3.05) is 20.2 Å². The van der Waals surface area contributed by atoms with Crippen molar-refractivity contribution in [2.24, 2.45) is 11.8 Å². The van der Waals surface area contributed by atoms with Crippen LogP contribution in [0.1, 0.15) is 124 Å². The van der Waals surface area contributed by atoms with Crippen LogP contribution in [0.5, 0.6) is 0 Å². The van der Waals surface area contributed by atoms with Gasteiger partial charge in [0.1, 0.15) is 6.04 Å². The Morgan fingerprint density at radius 3 is 1.73 bits per heavy atom. The van der Waals surface area contributed by atoms with E-state index < -0.39 is 30.3 Å². The van der Waals surface area contributed by atoms with E-state index in [1.54, 1.807) is 0 Å². The number of amides is 3. The second kappa shape index (κ2) is 23.2. The Morgan fingerprint density at radius 2 is 1.27 bits per heavy atom. The highest BCUT2D eigenvalue weighted by Gasteiger charge is 2.29. The lowest BCUT2D eigenvalue weighted by Gasteiger charge is -2.23. The summed E-state index contributed by atoms with van der Waals surface area (Å²) in [6.07, 6.45) is 17.1. The highest BCUT2D eigenvalue weighted by atomic mass is 16.3. The number of carbonyl (C=O) groups is 4. The van der Waals surface area contributed by atoms with Gasteiger partial charge in [-0.05, 0) is 12.3 Å². The molecular weight excluding hydrogens is 470 g/mol. The zero-order valence-corrected chi connectivity index (χ0v) is 24.0. The van der Waals surface area contributed by atoms with Gasteiger partial charge in [-0.2, -0.15) is 0 Å². The minimum Gasteiger partial charge on any atom is -0.394 e. The van der Waals surface area contributed by atoms with Gasteiger partial charge in [0.25, 0.3) is 0 Å². The van der Waals surface area contributed by atoms with Crippen molar-refractivity contribution < 1.29 is 24.3 Å². The van der Waals surface area contributed by atoms with Crippen LogP contribution in [0.15, 0.2) is 0 Å². The summed E-state index contributed by atoms with van der Waals surface area (Å²) in [5, 5.41) is 17.2. The van der Waals surface area contributed by atoms with Gasteiger partial charge in [-0.15, -0.1) is 0 Å². The highest BCUT2D eigenvalue weighted by molar-refractivity contribution is 5.93. The molecule has 0 rings (SSSR count). The minimum absolute atomic E-state index is 0.0108. The minimum atomic E-state index is -1.10. The Hall–Kier alpha value is -1.96. The second-order valence-electron chi connectivity index (χ2n) is 10.3. The van der Waals surface area contributed by atoms with Gasteiger partial charge in [0.15, 0.2) is 5.78 Å². The van der Waals surface area contributed by atoms with Crippen molar-refractivity contribution in [3.63, 3.8) is 0 Å².